The molecule has 122 valence electrons. The summed E-state index contributed by atoms with van der Waals surface area (Å²) in [6, 6.07) is 8.02. The lowest BCUT2D eigenvalue weighted by Crippen LogP contribution is -2.49. The van der Waals surface area contributed by atoms with Crippen molar-refractivity contribution in [2.75, 3.05) is 38.2 Å². The van der Waals surface area contributed by atoms with Gasteiger partial charge in [-0.25, -0.2) is 4.98 Å². The van der Waals surface area contributed by atoms with E-state index >= 15 is 0 Å². The number of hydrogen-bond donors (Lipinski definition) is 0. The van der Waals surface area contributed by atoms with Crippen LogP contribution in [0.2, 0.25) is 0 Å². The Hall–Kier alpha value is -2.08. The highest BCUT2D eigenvalue weighted by Gasteiger charge is 2.23. The molecule has 5 nitrogen and oxygen atoms in total. The van der Waals surface area contributed by atoms with Crippen molar-refractivity contribution in [3.63, 3.8) is 0 Å². The van der Waals surface area contributed by atoms with Gasteiger partial charge in [0.25, 0.3) is 0 Å². The molecule has 0 N–H and O–H groups in total. The van der Waals surface area contributed by atoms with Gasteiger partial charge in [-0.2, -0.15) is 0 Å². The van der Waals surface area contributed by atoms with Crippen LogP contribution in [0.15, 0.2) is 29.6 Å². The Morgan fingerprint density at radius 3 is 2.65 bits per heavy atom. The molecule has 0 spiro atoms. The van der Waals surface area contributed by atoms with Crippen LogP contribution in [-0.2, 0) is 11.2 Å². The van der Waals surface area contributed by atoms with E-state index in [0.29, 0.717) is 6.42 Å². The molecular formula is C17H21N3O2S. The van der Waals surface area contributed by atoms with Gasteiger partial charge in [0, 0.05) is 31.6 Å². The van der Waals surface area contributed by atoms with E-state index in [-0.39, 0.29) is 5.91 Å². The van der Waals surface area contributed by atoms with Gasteiger partial charge in [-0.15, -0.1) is 11.3 Å². The SMILES string of the molecule is COc1ccccc1N1CCN(C(=O)Cc2csc(C)n2)CC1. The third-order valence-electron chi connectivity index (χ3n) is 4.06. The summed E-state index contributed by atoms with van der Waals surface area (Å²) in [6.07, 6.45) is 0.402. The zero-order chi connectivity index (χ0) is 16.2. The van der Waals surface area contributed by atoms with Gasteiger partial charge in [0.05, 0.1) is 29.9 Å². The van der Waals surface area contributed by atoms with Crippen LogP contribution in [-0.4, -0.2) is 49.1 Å². The highest BCUT2D eigenvalue weighted by atomic mass is 32.1. The lowest BCUT2D eigenvalue weighted by molar-refractivity contribution is -0.130. The summed E-state index contributed by atoms with van der Waals surface area (Å²) < 4.78 is 5.42. The van der Waals surface area contributed by atoms with Crippen molar-refractivity contribution >= 4 is 22.9 Å². The molecule has 1 saturated heterocycles. The maximum Gasteiger partial charge on any atom is 0.228 e. The highest BCUT2D eigenvalue weighted by Crippen LogP contribution is 2.28. The topological polar surface area (TPSA) is 45.7 Å². The summed E-state index contributed by atoms with van der Waals surface area (Å²) in [5.74, 6) is 1.04. The van der Waals surface area contributed by atoms with Crippen LogP contribution in [0.1, 0.15) is 10.7 Å². The molecule has 0 bridgehead atoms. The molecule has 1 aliphatic heterocycles. The molecule has 1 aliphatic rings. The number of piperazine rings is 1. The number of thiazole rings is 1. The van der Waals surface area contributed by atoms with E-state index in [1.807, 2.05) is 35.4 Å². The van der Waals surface area contributed by atoms with Crippen molar-refractivity contribution in [2.24, 2.45) is 0 Å². The zero-order valence-electron chi connectivity index (χ0n) is 13.5. The molecule has 0 unspecified atom stereocenters. The van der Waals surface area contributed by atoms with Crippen LogP contribution in [0, 0.1) is 6.92 Å². The smallest absolute Gasteiger partial charge is 0.228 e. The monoisotopic (exact) mass is 331 g/mol. The van der Waals surface area contributed by atoms with Gasteiger partial charge in [-0.05, 0) is 19.1 Å². The van der Waals surface area contributed by atoms with Crippen LogP contribution in [0.5, 0.6) is 5.75 Å². The molecule has 0 radical (unpaired) electrons. The fourth-order valence-corrected chi connectivity index (χ4v) is 3.46. The van der Waals surface area contributed by atoms with Gasteiger partial charge in [0.2, 0.25) is 5.91 Å². The van der Waals surface area contributed by atoms with Crippen LogP contribution in [0.3, 0.4) is 0 Å². The number of rotatable bonds is 4. The van der Waals surface area contributed by atoms with Crippen LogP contribution >= 0.6 is 11.3 Å². The molecule has 2 aromatic rings. The number of carbonyl (C=O) groups is 1. The maximum absolute atomic E-state index is 12.4. The standard InChI is InChI=1S/C17H21N3O2S/c1-13-18-14(12-23-13)11-17(21)20-9-7-19(8-10-20)15-5-3-4-6-16(15)22-2/h3-6,12H,7-11H2,1-2H3. The second kappa shape index (κ2) is 7.00. The first-order valence-corrected chi connectivity index (χ1v) is 8.62. The van der Waals surface area contributed by atoms with E-state index in [1.165, 1.54) is 0 Å². The molecule has 3 rings (SSSR count). The molecule has 0 aliphatic carbocycles. The molecule has 2 heterocycles. The number of ether oxygens (including phenoxy) is 1. The van der Waals surface area contributed by atoms with E-state index in [4.69, 9.17) is 4.74 Å². The normalized spacial score (nSPS) is 14.9. The van der Waals surface area contributed by atoms with Crippen LogP contribution < -0.4 is 9.64 Å². The number of para-hydroxylation sites is 2. The Balaban J connectivity index is 1.58. The molecule has 1 fully saturated rings. The second-order valence-corrected chi connectivity index (χ2v) is 6.64. The molecule has 0 saturated carbocycles. The van der Waals surface area contributed by atoms with Gasteiger partial charge >= 0.3 is 0 Å². The van der Waals surface area contributed by atoms with Gasteiger partial charge < -0.3 is 14.5 Å². The molecule has 6 heteroatoms. The minimum absolute atomic E-state index is 0.162. The number of aryl methyl sites for hydroxylation is 1. The largest absolute Gasteiger partial charge is 0.495 e. The third-order valence-corrected chi connectivity index (χ3v) is 4.88. The maximum atomic E-state index is 12.4. The molecule has 23 heavy (non-hydrogen) atoms. The quantitative estimate of drug-likeness (QED) is 0.863. The predicted molar refractivity (Wildman–Crippen MR) is 92.3 cm³/mol. The summed E-state index contributed by atoms with van der Waals surface area (Å²) in [4.78, 5) is 21.0. The molecular weight excluding hydrogens is 310 g/mol. The predicted octanol–water partition coefficient (Wildman–Crippen LogP) is 2.35. The van der Waals surface area contributed by atoms with E-state index < -0.39 is 0 Å². The number of amides is 1. The van der Waals surface area contributed by atoms with Gasteiger partial charge in [0.1, 0.15) is 5.75 Å². The second-order valence-electron chi connectivity index (χ2n) is 5.57. The Morgan fingerprint density at radius 1 is 1.26 bits per heavy atom. The number of aromatic nitrogens is 1. The molecule has 1 aromatic heterocycles. The number of benzene rings is 1. The minimum Gasteiger partial charge on any atom is -0.495 e. The average Bonchev–Trinajstić information content (AvgIpc) is 3.00. The summed E-state index contributed by atoms with van der Waals surface area (Å²) in [5.41, 5.74) is 1.97. The van der Waals surface area contributed by atoms with Gasteiger partial charge in [-0.1, -0.05) is 12.1 Å². The van der Waals surface area contributed by atoms with Crippen molar-refractivity contribution in [2.45, 2.75) is 13.3 Å². The molecule has 1 amide bonds. The van der Waals surface area contributed by atoms with Gasteiger partial charge in [-0.3, -0.25) is 4.79 Å². The summed E-state index contributed by atoms with van der Waals surface area (Å²) in [6.45, 7) is 5.08. The number of nitrogens with zero attached hydrogens (tertiary/aromatic N) is 3. The molecule has 1 aromatic carbocycles. The van der Waals surface area contributed by atoms with Gasteiger partial charge in [0.15, 0.2) is 0 Å². The van der Waals surface area contributed by atoms with E-state index in [1.54, 1.807) is 18.4 Å². The van der Waals surface area contributed by atoms with E-state index in [9.17, 15) is 4.79 Å². The fourth-order valence-electron chi connectivity index (χ4n) is 2.84. The van der Waals surface area contributed by atoms with E-state index in [0.717, 1.165) is 48.3 Å². The van der Waals surface area contributed by atoms with Crippen molar-refractivity contribution < 1.29 is 9.53 Å². The minimum atomic E-state index is 0.162. The average molecular weight is 331 g/mol. The number of methoxy groups -OCH3 is 1. The van der Waals surface area contributed by atoms with Crippen molar-refractivity contribution in [3.8, 4) is 5.75 Å². The number of hydrogen-bond acceptors (Lipinski definition) is 5. The zero-order valence-corrected chi connectivity index (χ0v) is 14.3. The first-order valence-electron chi connectivity index (χ1n) is 7.74. The lowest BCUT2D eigenvalue weighted by Gasteiger charge is -2.36. The first kappa shape index (κ1) is 15.8. The lowest BCUT2D eigenvalue weighted by atomic mass is 10.2. The fraction of sp³-hybridized carbons (Fsp3) is 0.412. The summed E-state index contributed by atoms with van der Waals surface area (Å²) in [7, 11) is 1.69. The summed E-state index contributed by atoms with van der Waals surface area (Å²) >= 11 is 1.59. The highest BCUT2D eigenvalue weighted by molar-refractivity contribution is 7.09. The van der Waals surface area contributed by atoms with Crippen LogP contribution in [0.25, 0.3) is 0 Å². The number of carbonyl (C=O) groups excluding carboxylic acids is 1. The Morgan fingerprint density at radius 2 is 2.00 bits per heavy atom. The van der Waals surface area contributed by atoms with Crippen molar-refractivity contribution in [1.29, 1.82) is 0 Å². The van der Waals surface area contributed by atoms with E-state index in [2.05, 4.69) is 16.0 Å². The first-order chi connectivity index (χ1) is 11.2. The van der Waals surface area contributed by atoms with Crippen molar-refractivity contribution in [3.05, 3.63) is 40.3 Å². The Labute approximate surface area is 140 Å². The number of anilines is 1. The third kappa shape index (κ3) is 3.64. The van der Waals surface area contributed by atoms with Crippen molar-refractivity contribution in [1.82, 2.24) is 9.88 Å². The Kier molecular flexibility index (Phi) is 4.81. The summed E-state index contributed by atoms with van der Waals surface area (Å²) in [5, 5.41) is 2.98. The van der Waals surface area contributed by atoms with Crippen LogP contribution in [0.4, 0.5) is 5.69 Å². The Bertz CT molecular complexity index is 678. The molecule has 0 atom stereocenters.